The number of nitrogen functional groups attached to an aromatic ring is 1. The van der Waals surface area contributed by atoms with Gasteiger partial charge in [0.25, 0.3) is 0 Å². The van der Waals surface area contributed by atoms with Gasteiger partial charge < -0.3 is 11.1 Å². The highest BCUT2D eigenvalue weighted by atomic mass is 19.1. The molecule has 0 heterocycles. The third kappa shape index (κ3) is 2.36. The second kappa shape index (κ2) is 4.41. The van der Waals surface area contributed by atoms with E-state index < -0.39 is 11.6 Å². The summed E-state index contributed by atoms with van der Waals surface area (Å²) in [5.74, 6) is -1.25. The summed E-state index contributed by atoms with van der Waals surface area (Å²) in [6.07, 6.45) is 0. The Kier molecular flexibility index (Phi) is 2.95. The van der Waals surface area contributed by atoms with Crippen LogP contribution in [0.5, 0.6) is 0 Å². The molecule has 2 aromatic carbocycles. The van der Waals surface area contributed by atoms with Gasteiger partial charge in [-0.1, -0.05) is 12.1 Å². The van der Waals surface area contributed by atoms with Gasteiger partial charge in [0.05, 0.1) is 17.1 Å². The number of para-hydroxylation sites is 1. The number of anilines is 3. The maximum atomic E-state index is 13.5. The molecular formula is C13H12F2N2. The lowest BCUT2D eigenvalue weighted by atomic mass is 10.1. The zero-order valence-corrected chi connectivity index (χ0v) is 9.30. The number of rotatable bonds is 2. The van der Waals surface area contributed by atoms with Gasteiger partial charge in [0, 0.05) is 6.07 Å². The summed E-state index contributed by atoms with van der Waals surface area (Å²) in [4.78, 5) is 0. The van der Waals surface area contributed by atoms with Gasteiger partial charge in [0.15, 0.2) is 0 Å². The van der Waals surface area contributed by atoms with E-state index in [2.05, 4.69) is 5.32 Å². The fraction of sp³-hybridized carbons (Fsp3) is 0.0769. The first-order valence-corrected chi connectivity index (χ1v) is 5.15. The topological polar surface area (TPSA) is 38.0 Å². The normalized spacial score (nSPS) is 10.3. The van der Waals surface area contributed by atoms with Crippen molar-refractivity contribution >= 4 is 17.1 Å². The highest BCUT2D eigenvalue weighted by Crippen LogP contribution is 2.28. The van der Waals surface area contributed by atoms with Crippen LogP contribution in [-0.4, -0.2) is 0 Å². The van der Waals surface area contributed by atoms with Crippen molar-refractivity contribution in [3.8, 4) is 0 Å². The molecule has 2 rings (SSSR count). The van der Waals surface area contributed by atoms with Gasteiger partial charge in [-0.25, -0.2) is 8.78 Å². The predicted molar refractivity (Wildman–Crippen MR) is 65.2 cm³/mol. The molecule has 0 spiro atoms. The highest BCUT2D eigenvalue weighted by molar-refractivity contribution is 5.75. The van der Waals surface area contributed by atoms with Crippen LogP contribution in [0.3, 0.4) is 0 Å². The summed E-state index contributed by atoms with van der Waals surface area (Å²) in [7, 11) is 0. The zero-order valence-electron chi connectivity index (χ0n) is 9.30. The zero-order chi connectivity index (χ0) is 12.4. The van der Waals surface area contributed by atoms with Crippen molar-refractivity contribution in [2.45, 2.75) is 6.92 Å². The molecule has 4 heteroatoms. The molecule has 17 heavy (non-hydrogen) atoms. The van der Waals surface area contributed by atoms with Crippen LogP contribution in [0.4, 0.5) is 25.8 Å². The molecule has 0 aliphatic carbocycles. The molecular weight excluding hydrogens is 222 g/mol. The second-order valence-corrected chi connectivity index (χ2v) is 3.79. The molecule has 0 saturated carbocycles. The van der Waals surface area contributed by atoms with E-state index in [9.17, 15) is 8.78 Å². The summed E-state index contributed by atoms with van der Waals surface area (Å²) in [6, 6.07) is 8.76. The van der Waals surface area contributed by atoms with Crippen molar-refractivity contribution in [3.63, 3.8) is 0 Å². The van der Waals surface area contributed by atoms with Crippen LogP contribution in [0.25, 0.3) is 0 Å². The number of halogens is 2. The largest absolute Gasteiger partial charge is 0.397 e. The van der Waals surface area contributed by atoms with E-state index in [4.69, 9.17) is 5.73 Å². The quantitative estimate of drug-likeness (QED) is 0.779. The van der Waals surface area contributed by atoms with Crippen molar-refractivity contribution in [3.05, 3.63) is 53.6 Å². The Morgan fingerprint density at radius 3 is 2.53 bits per heavy atom. The van der Waals surface area contributed by atoms with Crippen molar-refractivity contribution < 1.29 is 8.78 Å². The molecule has 2 aromatic rings. The molecule has 0 saturated heterocycles. The van der Waals surface area contributed by atoms with E-state index in [1.165, 1.54) is 12.1 Å². The van der Waals surface area contributed by atoms with E-state index in [0.29, 0.717) is 11.4 Å². The average molecular weight is 234 g/mol. The smallest absolute Gasteiger partial charge is 0.149 e. The van der Waals surface area contributed by atoms with Crippen LogP contribution in [-0.2, 0) is 0 Å². The molecule has 2 nitrogen and oxygen atoms in total. The van der Waals surface area contributed by atoms with E-state index >= 15 is 0 Å². The Morgan fingerprint density at radius 1 is 1.12 bits per heavy atom. The van der Waals surface area contributed by atoms with E-state index in [1.54, 1.807) is 6.07 Å². The first kappa shape index (κ1) is 11.4. The predicted octanol–water partition coefficient (Wildman–Crippen LogP) is 3.60. The summed E-state index contributed by atoms with van der Waals surface area (Å²) in [5.41, 5.74) is 8.05. The molecule has 0 unspecified atom stereocenters. The first-order valence-electron chi connectivity index (χ1n) is 5.15. The maximum absolute atomic E-state index is 13.5. The van der Waals surface area contributed by atoms with Crippen LogP contribution in [0, 0.1) is 18.6 Å². The average Bonchev–Trinajstić information content (AvgIpc) is 2.26. The summed E-state index contributed by atoms with van der Waals surface area (Å²) < 4.78 is 26.2. The third-order valence-corrected chi connectivity index (χ3v) is 2.50. The van der Waals surface area contributed by atoms with E-state index in [1.807, 2.05) is 19.1 Å². The number of hydrogen-bond donors (Lipinski definition) is 2. The van der Waals surface area contributed by atoms with Crippen LogP contribution in [0.15, 0.2) is 36.4 Å². The maximum Gasteiger partial charge on any atom is 0.149 e. The van der Waals surface area contributed by atoms with Gasteiger partial charge in [-0.15, -0.1) is 0 Å². The van der Waals surface area contributed by atoms with Crippen LogP contribution in [0.1, 0.15) is 5.56 Å². The molecule has 0 aliphatic rings. The monoisotopic (exact) mass is 234 g/mol. The van der Waals surface area contributed by atoms with E-state index in [0.717, 1.165) is 11.6 Å². The van der Waals surface area contributed by atoms with Crippen molar-refractivity contribution in [1.29, 1.82) is 0 Å². The lowest BCUT2D eigenvalue weighted by Gasteiger charge is -2.12. The fourth-order valence-corrected chi connectivity index (χ4v) is 1.59. The molecule has 0 atom stereocenters. The Hall–Kier alpha value is -2.10. The molecule has 0 aromatic heterocycles. The van der Waals surface area contributed by atoms with Crippen LogP contribution < -0.4 is 11.1 Å². The standard InChI is InChI=1S/C13H12F2N2/c1-8-3-2-4-11(16)13(8)17-12-6-5-9(14)7-10(12)15/h2-7,17H,16H2,1H3. The highest BCUT2D eigenvalue weighted by Gasteiger charge is 2.07. The summed E-state index contributed by atoms with van der Waals surface area (Å²) >= 11 is 0. The number of hydrogen-bond acceptors (Lipinski definition) is 2. The van der Waals surface area contributed by atoms with Crippen molar-refractivity contribution in [1.82, 2.24) is 0 Å². The molecule has 0 bridgehead atoms. The number of nitrogens with one attached hydrogen (secondary N) is 1. The Morgan fingerprint density at radius 2 is 1.88 bits per heavy atom. The molecule has 0 aliphatic heterocycles. The summed E-state index contributed by atoms with van der Waals surface area (Å²) in [5, 5.41) is 2.87. The SMILES string of the molecule is Cc1cccc(N)c1Nc1ccc(F)cc1F. The van der Waals surface area contributed by atoms with E-state index in [-0.39, 0.29) is 5.69 Å². The van der Waals surface area contributed by atoms with Gasteiger partial charge in [0.2, 0.25) is 0 Å². The lowest BCUT2D eigenvalue weighted by Crippen LogP contribution is -2.00. The number of benzene rings is 2. The van der Waals surface area contributed by atoms with Crippen LogP contribution in [0.2, 0.25) is 0 Å². The van der Waals surface area contributed by atoms with Gasteiger partial charge in [-0.3, -0.25) is 0 Å². The van der Waals surface area contributed by atoms with Gasteiger partial charge in [0.1, 0.15) is 11.6 Å². The fourth-order valence-electron chi connectivity index (χ4n) is 1.59. The molecule has 88 valence electrons. The molecule has 0 fully saturated rings. The summed E-state index contributed by atoms with van der Waals surface area (Å²) in [6.45, 7) is 1.86. The van der Waals surface area contributed by atoms with Crippen LogP contribution >= 0.6 is 0 Å². The Balaban J connectivity index is 2.38. The third-order valence-electron chi connectivity index (χ3n) is 2.50. The minimum absolute atomic E-state index is 0.201. The van der Waals surface area contributed by atoms with Gasteiger partial charge >= 0.3 is 0 Å². The molecule has 0 amide bonds. The van der Waals surface area contributed by atoms with Crippen molar-refractivity contribution in [2.75, 3.05) is 11.1 Å². The van der Waals surface area contributed by atoms with Gasteiger partial charge in [-0.05, 0) is 30.7 Å². The first-order chi connectivity index (χ1) is 8.08. The number of nitrogens with two attached hydrogens (primary N) is 1. The van der Waals surface area contributed by atoms with Gasteiger partial charge in [-0.2, -0.15) is 0 Å². The lowest BCUT2D eigenvalue weighted by molar-refractivity contribution is 0.586. The Labute approximate surface area is 98.1 Å². The Bertz CT molecular complexity index is 533. The second-order valence-electron chi connectivity index (χ2n) is 3.79. The minimum Gasteiger partial charge on any atom is -0.397 e. The molecule has 0 radical (unpaired) electrons. The number of aryl methyl sites for hydroxylation is 1. The minimum atomic E-state index is -0.646. The molecule has 3 N–H and O–H groups in total. The van der Waals surface area contributed by atoms with Crippen molar-refractivity contribution in [2.24, 2.45) is 0 Å².